The molecule has 5 nitrogen and oxygen atoms in total. The van der Waals surface area contributed by atoms with E-state index < -0.39 is 28.4 Å². The number of aliphatic carboxylic acids is 1. The van der Waals surface area contributed by atoms with E-state index in [-0.39, 0.29) is 22.6 Å². The first-order chi connectivity index (χ1) is 9.20. The highest BCUT2D eigenvalue weighted by molar-refractivity contribution is 7.89. The number of carboxylic acids is 1. The molecule has 0 atom stereocenters. The van der Waals surface area contributed by atoms with Crippen molar-refractivity contribution in [2.24, 2.45) is 0 Å². The topological polar surface area (TPSA) is 74.7 Å². The molecule has 0 spiro atoms. The SMILES string of the molecule is C#CCN(CC(=O)O)S(=O)(=O)c1c(C)cc(F)cc1C. The molecule has 0 aromatic heterocycles. The third-order valence-corrected chi connectivity index (χ3v) is 4.70. The van der Waals surface area contributed by atoms with Gasteiger partial charge in [0.25, 0.3) is 0 Å². The van der Waals surface area contributed by atoms with E-state index in [1.165, 1.54) is 13.8 Å². The van der Waals surface area contributed by atoms with Crippen LogP contribution in [0.3, 0.4) is 0 Å². The Morgan fingerprint density at radius 1 is 1.40 bits per heavy atom. The van der Waals surface area contributed by atoms with Crippen LogP contribution in [0.1, 0.15) is 11.1 Å². The predicted octanol–water partition coefficient (Wildman–Crippen LogP) is 1.15. The number of aryl methyl sites for hydroxylation is 2. The van der Waals surface area contributed by atoms with Crippen LogP contribution in [0.2, 0.25) is 0 Å². The van der Waals surface area contributed by atoms with E-state index in [0.717, 1.165) is 12.1 Å². The van der Waals surface area contributed by atoms with Crippen molar-refractivity contribution in [2.45, 2.75) is 18.7 Å². The molecule has 0 aliphatic carbocycles. The number of hydrogen-bond acceptors (Lipinski definition) is 3. The number of carbonyl (C=O) groups is 1. The number of benzene rings is 1. The Labute approximate surface area is 117 Å². The zero-order valence-corrected chi connectivity index (χ0v) is 11.9. The maximum absolute atomic E-state index is 13.2. The maximum Gasteiger partial charge on any atom is 0.318 e. The molecule has 0 fully saturated rings. The molecule has 0 amide bonds. The van der Waals surface area contributed by atoms with Gasteiger partial charge in [0.2, 0.25) is 10.0 Å². The van der Waals surface area contributed by atoms with Crippen LogP contribution >= 0.6 is 0 Å². The number of nitrogens with zero attached hydrogens (tertiary/aromatic N) is 1. The molecule has 1 rings (SSSR count). The summed E-state index contributed by atoms with van der Waals surface area (Å²) in [4.78, 5) is 10.6. The lowest BCUT2D eigenvalue weighted by Crippen LogP contribution is -2.36. The minimum atomic E-state index is -4.09. The summed E-state index contributed by atoms with van der Waals surface area (Å²) in [6, 6.07) is 2.16. The van der Waals surface area contributed by atoms with Crippen molar-refractivity contribution < 1.29 is 22.7 Å². The summed E-state index contributed by atoms with van der Waals surface area (Å²) < 4.78 is 38.8. The number of hydrogen-bond donors (Lipinski definition) is 1. The average Bonchev–Trinajstić information content (AvgIpc) is 2.25. The highest BCUT2D eigenvalue weighted by Gasteiger charge is 2.29. The van der Waals surface area contributed by atoms with E-state index in [4.69, 9.17) is 11.5 Å². The largest absolute Gasteiger partial charge is 0.480 e. The van der Waals surface area contributed by atoms with Crippen LogP contribution in [-0.4, -0.2) is 36.9 Å². The fraction of sp³-hybridized carbons (Fsp3) is 0.308. The Bertz CT molecular complexity index is 653. The molecule has 0 aliphatic rings. The van der Waals surface area contributed by atoms with Crippen LogP contribution in [0.15, 0.2) is 17.0 Å². The van der Waals surface area contributed by atoms with Crippen molar-refractivity contribution in [1.29, 1.82) is 0 Å². The van der Waals surface area contributed by atoms with Crippen molar-refractivity contribution in [1.82, 2.24) is 4.31 Å². The zero-order chi connectivity index (χ0) is 15.5. The van der Waals surface area contributed by atoms with Crippen molar-refractivity contribution in [3.63, 3.8) is 0 Å². The standard InChI is InChI=1S/C13H14FNO4S/c1-4-5-15(8-12(16)17)20(18,19)13-9(2)6-11(14)7-10(13)3/h1,6-7H,5,8H2,2-3H3,(H,16,17). The van der Waals surface area contributed by atoms with Gasteiger partial charge in [-0.2, -0.15) is 4.31 Å². The summed E-state index contributed by atoms with van der Waals surface area (Å²) in [6.45, 7) is 1.77. The summed E-state index contributed by atoms with van der Waals surface area (Å²) in [6.07, 6.45) is 5.07. The van der Waals surface area contributed by atoms with Crippen LogP contribution in [0.25, 0.3) is 0 Å². The highest BCUT2D eigenvalue weighted by Crippen LogP contribution is 2.24. The maximum atomic E-state index is 13.2. The Morgan fingerprint density at radius 2 is 1.90 bits per heavy atom. The smallest absolute Gasteiger partial charge is 0.318 e. The van der Waals surface area contributed by atoms with Gasteiger partial charge in [0, 0.05) is 0 Å². The van der Waals surface area contributed by atoms with Crippen molar-refractivity contribution in [3.05, 3.63) is 29.1 Å². The molecule has 108 valence electrons. The molecule has 20 heavy (non-hydrogen) atoms. The fourth-order valence-electron chi connectivity index (χ4n) is 1.91. The summed E-state index contributed by atoms with van der Waals surface area (Å²) in [5.41, 5.74) is 0.407. The van der Waals surface area contributed by atoms with E-state index in [9.17, 15) is 17.6 Å². The van der Waals surface area contributed by atoms with Crippen molar-refractivity contribution in [2.75, 3.05) is 13.1 Å². The molecular formula is C13H14FNO4S. The fourth-order valence-corrected chi connectivity index (χ4v) is 3.63. The van der Waals surface area contributed by atoms with E-state index in [1.807, 2.05) is 0 Å². The molecule has 0 heterocycles. The molecule has 0 aliphatic heterocycles. The molecular weight excluding hydrogens is 285 g/mol. The normalized spacial score (nSPS) is 11.3. The first-order valence-electron chi connectivity index (χ1n) is 5.62. The van der Waals surface area contributed by atoms with E-state index in [0.29, 0.717) is 4.31 Å². The lowest BCUT2D eigenvalue weighted by molar-refractivity contribution is -0.137. The number of rotatable bonds is 5. The lowest BCUT2D eigenvalue weighted by Gasteiger charge is -2.20. The Hall–Kier alpha value is -1.91. The van der Waals surface area contributed by atoms with E-state index in [1.54, 1.807) is 0 Å². The van der Waals surface area contributed by atoms with Gasteiger partial charge in [0.05, 0.1) is 11.4 Å². The van der Waals surface area contributed by atoms with Crippen molar-refractivity contribution in [3.8, 4) is 12.3 Å². The van der Waals surface area contributed by atoms with Crippen LogP contribution in [0.5, 0.6) is 0 Å². The van der Waals surface area contributed by atoms with Gasteiger partial charge in [-0.15, -0.1) is 6.42 Å². The minimum absolute atomic E-state index is 0.115. The van der Waals surface area contributed by atoms with Gasteiger partial charge in [0.1, 0.15) is 12.4 Å². The van der Waals surface area contributed by atoms with Gasteiger partial charge < -0.3 is 5.11 Å². The Kier molecular flexibility index (Phi) is 4.87. The molecule has 0 bridgehead atoms. The van der Waals surface area contributed by atoms with Crippen LogP contribution in [-0.2, 0) is 14.8 Å². The minimum Gasteiger partial charge on any atom is -0.480 e. The molecule has 0 radical (unpaired) electrons. The second-order valence-electron chi connectivity index (χ2n) is 4.24. The summed E-state index contributed by atoms with van der Waals surface area (Å²) in [5, 5.41) is 8.77. The quantitative estimate of drug-likeness (QED) is 0.828. The molecule has 0 saturated heterocycles. The first-order valence-corrected chi connectivity index (χ1v) is 7.06. The van der Waals surface area contributed by atoms with Gasteiger partial charge in [0.15, 0.2) is 0 Å². The van der Waals surface area contributed by atoms with Crippen molar-refractivity contribution >= 4 is 16.0 Å². The molecule has 1 aromatic carbocycles. The van der Waals surface area contributed by atoms with E-state index in [2.05, 4.69) is 5.92 Å². The lowest BCUT2D eigenvalue weighted by atomic mass is 10.1. The highest BCUT2D eigenvalue weighted by atomic mass is 32.2. The number of terminal acetylenes is 1. The molecule has 1 N–H and O–H groups in total. The van der Waals surface area contributed by atoms with Crippen LogP contribution < -0.4 is 0 Å². The third-order valence-electron chi connectivity index (χ3n) is 2.60. The summed E-state index contributed by atoms with van der Waals surface area (Å²) in [5.74, 6) is 0.235. The van der Waals surface area contributed by atoms with Gasteiger partial charge in [-0.1, -0.05) is 5.92 Å². The van der Waals surface area contributed by atoms with Gasteiger partial charge in [-0.05, 0) is 37.1 Å². The molecule has 1 aromatic rings. The number of sulfonamides is 1. The monoisotopic (exact) mass is 299 g/mol. The number of carboxylic acid groups (broad SMARTS) is 1. The Morgan fingerprint density at radius 3 is 2.30 bits per heavy atom. The van der Waals surface area contributed by atoms with Crippen LogP contribution in [0, 0.1) is 32.0 Å². The van der Waals surface area contributed by atoms with Gasteiger partial charge in [-0.25, -0.2) is 12.8 Å². The van der Waals surface area contributed by atoms with E-state index >= 15 is 0 Å². The number of halogens is 1. The molecule has 7 heteroatoms. The Balaban J connectivity index is 3.41. The first kappa shape index (κ1) is 16.1. The second kappa shape index (κ2) is 6.03. The average molecular weight is 299 g/mol. The molecule has 0 saturated carbocycles. The second-order valence-corrected chi connectivity index (χ2v) is 6.11. The zero-order valence-electron chi connectivity index (χ0n) is 11.1. The van der Waals surface area contributed by atoms with Gasteiger partial charge in [-0.3, -0.25) is 4.79 Å². The van der Waals surface area contributed by atoms with Crippen LogP contribution in [0.4, 0.5) is 4.39 Å². The molecule has 0 unspecified atom stereocenters. The summed E-state index contributed by atoms with van der Waals surface area (Å²) in [7, 11) is -4.09. The van der Waals surface area contributed by atoms with Gasteiger partial charge >= 0.3 is 5.97 Å². The predicted molar refractivity (Wildman–Crippen MR) is 71.1 cm³/mol. The third kappa shape index (κ3) is 3.35. The summed E-state index contributed by atoms with van der Waals surface area (Å²) >= 11 is 0.